The Hall–Kier alpha value is -0.820. The van der Waals surface area contributed by atoms with Gasteiger partial charge in [-0.2, -0.15) is 0 Å². The van der Waals surface area contributed by atoms with E-state index in [-0.39, 0.29) is 0 Å². The maximum Gasteiger partial charge on any atom is 0.0300 e. The van der Waals surface area contributed by atoms with Crippen molar-refractivity contribution in [3.63, 3.8) is 0 Å². The van der Waals surface area contributed by atoms with Crippen LogP contribution >= 0.6 is 0 Å². The van der Waals surface area contributed by atoms with Crippen LogP contribution in [0.5, 0.6) is 0 Å². The van der Waals surface area contributed by atoms with E-state index in [1.807, 2.05) is 0 Å². The van der Waals surface area contributed by atoms with Gasteiger partial charge in [0.05, 0.1) is 0 Å². The standard InChI is InChI=1S/C12H15N/c13-12-6-5-9-3-4-10(7-11(9)12)8-1-2-8/h3-4,7-8,12H,1-2,5-6,13H2. The number of rotatable bonds is 1. The maximum absolute atomic E-state index is 6.04. The molecular weight excluding hydrogens is 158 g/mol. The van der Waals surface area contributed by atoms with Gasteiger partial charge in [0.15, 0.2) is 0 Å². The summed E-state index contributed by atoms with van der Waals surface area (Å²) in [5, 5.41) is 0. The second kappa shape index (κ2) is 2.58. The zero-order valence-corrected chi connectivity index (χ0v) is 7.79. The highest BCUT2D eigenvalue weighted by atomic mass is 14.6. The van der Waals surface area contributed by atoms with E-state index in [2.05, 4.69) is 18.2 Å². The van der Waals surface area contributed by atoms with Gasteiger partial charge in [-0.15, -0.1) is 0 Å². The van der Waals surface area contributed by atoms with E-state index in [1.165, 1.54) is 36.0 Å². The summed E-state index contributed by atoms with van der Waals surface area (Å²) in [6.45, 7) is 0. The molecule has 0 spiro atoms. The molecule has 1 unspecified atom stereocenters. The number of hydrogen-bond acceptors (Lipinski definition) is 1. The van der Waals surface area contributed by atoms with Crippen LogP contribution in [-0.4, -0.2) is 0 Å². The van der Waals surface area contributed by atoms with Crippen molar-refractivity contribution >= 4 is 0 Å². The van der Waals surface area contributed by atoms with E-state index < -0.39 is 0 Å². The van der Waals surface area contributed by atoms with Gasteiger partial charge in [0.1, 0.15) is 0 Å². The van der Waals surface area contributed by atoms with E-state index in [0.717, 1.165) is 12.3 Å². The molecule has 3 rings (SSSR count). The van der Waals surface area contributed by atoms with Crippen LogP contribution in [0.25, 0.3) is 0 Å². The molecule has 0 aromatic heterocycles. The van der Waals surface area contributed by atoms with Gasteiger partial charge >= 0.3 is 0 Å². The van der Waals surface area contributed by atoms with E-state index in [1.54, 1.807) is 0 Å². The fourth-order valence-electron chi connectivity index (χ4n) is 2.32. The fraction of sp³-hybridized carbons (Fsp3) is 0.500. The number of hydrogen-bond donors (Lipinski definition) is 1. The summed E-state index contributed by atoms with van der Waals surface area (Å²) < 4.78 is 0. The van der Waals surface area contributed by atoms with Crippen molar-refractivity contribution in [3.8, 4) is 0 Å². The van der Waals surface area contributed by atoms with Crippen molar-refractivity contribution in [2.45, 2.75) is 37.6 Å². The topological polar surface area (TPSA) is 26.0 Å². The zero-order valence-electron chi connectivity index (χ0n) is 7.79. The summed E-state index contributed by atoms with van der Waals surface area (Å²) >= 11 is 0. The Morgan fingerprint density at radius 1 is 1.15 bits per heavy atom. The minimum absolute atomic E-state index is 0.314. The van der Waals surface area contributed by atoms with E-state index >= 15 is 0 Å². The molecule has 2 aliphatic carbocycles. The highest BCUT2D eigenvalue weighted by Crippen LogP contribution is 2.42. The highest BCUT2D eigenvalue weighted by molar-refractivity contribution is 5.40. The molecule has 1 nitrogen and oxygen atoms in total. The average Bonchev–Trinajstić information content (AvgIpc) is 2.93. The third-order valence-electron chi connectivity index (χ3n) is 3.34. The summed E-state index contributed by atoms with van der Waals surface area (Å²) in [5.74, 6) is 0.859. The minimum atomic E-state index is 0.314. The lowest BCUT2D eigenvalue weighted by molar-refractivity contribution is 0.713. The van der Waals surface area contributed by atoms with E-state index in [4.69, 9.17) is 5.73 Å². The van der Waals surface area contributed by atoms with E-state index in [9.17, 15) is 0 Å². The number of benzene rings is 1. The normalized spacial score (nSPS) is 26.1. The second-order valence-corrected chi connectivity index (χ2v) is 4.38. The first-order chi connectivity index (χ1) is 6.34. The molecule has 0 amide bonds. The molecule has 1 atom stereocenters. The summed E-state index contributed by atoms with van der Waals surface area (Å²) in [6, 6.07) is 7.25. The van der Waals surface area contributed by atoms with Crippen molar-refractivity contribution in [1.29, 1.82) is 0 Å². The van der Waals surface area contributed by atoms with Crippen LogP contribution in [0.3, 0.4) is 0 Å². The Morgan fingerprint density at radius 2 is 2.00 bits per heavy atom. The molecule has 1 aromatic carbocycles. The molecular formula is C12H15N. The lowest BCUT2D eigenvalue weighted by atomic mass is 10.0. The van der Waals surface area contributed by atoms with Gasteiger partial charge in [0, 0.05) is 6.04 Å². The predicted octanol–water partition coefficient (Wildman–Crippen LogP) is 2.51. The molecule has 1 fully saturated rings. The number of aryl methyl sites for hydroxylation is 1. The van der Waals surface area contributed by atoms with Crippen LogP contribution < -0.4 is 5.73 Å². The smallest absolute Gasteiger partial charge is 0.0300 e. The first kappa shape index (κ1) is 7.57. The number of fused-ring (bicyclic) bond motifs is 1. The van der Waals surface area contributed by atoms with Crippen molar-refractivity contribution in [1.82, 2.24) is 0 Å². The first-order valence-corrected chi connectivity index (χ1v) is 5.23. The van der Waals surface area contributed by atoms with Crippen molar-refractivity contribution in [3.05, 3.63) is 34.9 Å². The van der Waals surface area contributed by atoms with E-state index in [0.29, 0.717) is 6.04 Å². The lowest BCUT2D eigenvalue weighted by Gasteiger charge is -2.06. The Balaban J connectivity index is 2.04. The van der Waals surface area contributed by atoms with Crippen LogP contribution in [0.4, 0.5) is 0 Å². The Labute approximate surface area is 78.9 Å². The molecule has 2 N–H and O–H groups in total. The van der Waals surface area contributed by atoms with Gasteiger partial charge in [-0.1, -0.05) is 18.2 Å². The molecule has 0 saturated heterocycles. The highest BCUT2D eigenvalue weighted by Gasteiger charge is 2.26. The van der Waals surface area contributed by atoms with Crippen LogP contribution in [0, 0.1) is 0 Å². The minimum Gasteiger partial charge on any atom is -0.324 e. The molecule has 2 aliphatic rings. The summed E-state index contributed by atoms with van der Waals surface area (Å²) in [7, 11) is 0. The third kappa shape index (κ3) is 1.19. The van der Waals surface area contributed by atoms with Gasteiger partial charge < -0.3 is 5.73 Å². The van der Waals surface area contributed by atoms with Gasteiger partial charge in [-0.25, -0.2) is 0 Å². The first-order valence-electron chi connectivity index (χ1n) is 5.23. The van der Waals surface area contributed by atoms with Crippen LogP contribution in [0.15, 0.2) is 18.2 Å². The average molecular weight is 173 g/mol. The van der Waals surface area contributed by atoms with Crippen molar-refractivity contribution < 1.29 is 0 Å². The molecule has 1 saturated carbocycles. The van der Waals surface area contributed by atoms with Gasteiger partial charge in [0.25, 0.3) is 0 Å². The molecule has 68 valence electrons. The summed E-state index contributed by atoms with van der Waals surface area (Å²) in [5.41, 5.74) is 10.5. The predicted molar refractivity (Wildman–Crippen MR) is 53.7 cm³/mol. The summed E-state index contributed by atoms with van der Waals surface area (Å²) in [6.07, 6.45) is 5.09. The molecule has 0 bridgehead atoms. The fourth-order valence-corrected chi connectivity index (χ4v) is 2.32. The zero-order chi connectivity index (χ0) is 8.84. The molecule has 0 radical (unpaired) electrons. The molecule has 1 aromatic rings. The van der Waals surface area contributed by atoms with Gasteiger partial charge in [-0.3, -0.25) is 0 Å². The summed E-state index contributed by atoms with van der Waals surface area (Å²) in [4.78, 5) is 0. The SMILES string of the molecule is NC1CCc2ccc(C3CC3)cc21. The maximum atomic E-state index is 6.04. The Kier molecular flexibility index (Phi) is 1.50. The van der Waals surface area contributed by atoms with Crippen LogP contribution in [0.1, 0.15) is 47.9 Å². The van der Waals surface area contributed by atoms with Gasteiger partial charge in [0.2, 0.25) is 0 Å². The Morgan fingerprint density at radius 3 is 2.77 bits per heavy atom. The molecule has 13 heavy (non-hydrogen) atoms. The molecule has 1 heteroatoms. The molecule has 0 aliphatic heterocycles. The van der Waals surface area contributed by atoms with Crippen molar-refractivity contribution in [2.24, 2.45) is 5.73 Å². The Bertz CT molecular complexity index is 339. The third-order valence-corrected chi connectivity index (χ3v) is 3.34. The van der Waals surface area contributed by atoms with Crippen molar-refractivity contribution in [2.75, 3.05) is 0 Å². The van der Waals surface area contributed by atoms with Crippen LogP contribution in [0.2, 0.25) is 0 Å². The monoisotopic (exact) mass is 173 g/mol. The number of nitrogens with two attached hydrogens (primary N) is 1. The van der Waals surface area contributed by atoms with Gasteiger partial charge in [-0.05, 0) is 48.3 Å². The largest absolute Gasteiger partial charge is 0.324 e. The molecule has 0 heterocycles. The quantitative estimate of drug-likeness (QED) is 0.693. The lowest BCUT2D eigenvalue weighted by Crippen LogP contribution is -2.05. The van der Waals surface area contributed by atoms with Crippen LogP contribution in [-0.2, 0) is 6.42 Å². The second-order valence-electron chi connectivity index (χ2n) is 4.38.